The Kier molecular flexibility index (Phi) is 4.49. The van der Waals surface area contributed by atoms with Gasteiger partial charge in [0.25, 0.3) is 0 Å². The molecule has 1 N–H and O–H groups in total. The Balaban J connectivity index is 1.84. The second-order valence-corrected chi connectivity index (χ2v) is 6.47. The maximum Gasteiger partial charge on any atom is 0.0992 e. The first kappa shape index (κ1) is 14.5. The van der Waals surface area contributed by atoms with Crippen molar-refractivity contribution in [2.45, 2.75) is 45.1 Å². The Labute approximate surface area is 131 Å². The summed E-state index contributed by atoms with van der Waals surface area (Å²) < 4.78 is 1.98. The summed E-state index contributed by atoms with van der Waals surface area (Å²) in [5.41, 5.74) is 2.09. The summed E-state index contributed by atoms with van der Waals surface area (Å²) in [5, 5.41) is 4.46. The second-order valence-electron chi connectivity index (χ2n) is 6.06. The van der Waals surface area contributed by atoms with E-state index in [0.29, 0.717) is 6.04 Å². The SMILES string of the molecule is CC1CCCC(Nc2cccc(Cl)c2-n2ccnc2)CC1. The lowest BCUT2D eigenvalue weighted by atomic mass is 10.0. The number of nitrogens with one attached hydrogen (secondary N) is 1. The van der Waals surface area contributed by atoms with E-state index in [4.69, 9.17) is 11.6 Å². The number of nitrogens with zero attached hydrogens (tertiary/aromatic N) is 2. The zero-order valence-corrected chi connectivity index (χ0v) is 13.2. The number of aromatic nitrogens is 2. The third-order valence-corrected chi connectivity index (χ3v) is 4.67. The Bertz CT molecular complexity index is 580. The van der Waals surface area contributed by atoms with E-state index < -0.39 is 0 Å². The van der Waals surface area contributed by atoms with E-state index in [0.717, 1.165) is 22.3 Å². The summed E-state index contributed by atoms with van der Waals surface area (Å²) >= 11 is 6.41. The Hall–Kier alpha value is -1.48. The molecule has 0 radical (unpaired) electrons. The van der Waals surface area contributed by atoms with Crippen molar-refractivity contribution in [3.05, 3.63) is 41.9 Å². The fourth-order valence-electron chi connectivity index (χ4n) is 3.14. The van der Waals surface area contributed by atoms with Gasteiger partial charge in [0.2, 0.25) is 0 Å². The van der Waals surface area contributed by atoms with E-state index in [1.54, 1.807) is 12.5 Å². The number of rotatable bonds is 3. The van der Waals surface area contributed by atoms with E-state index in [1.165, 1.54) is 32.1 Å². The van der Waals surface area contributed by atoms with Crippen LogP contribution in [0.5, 0.6) is 0 Å². The zero-order valence-electron chi connectivity index (χ0n) is 12.4. The van der Waals surface area contributed by atoms with Crippen LogP contribution < -0.4 is 5.32 Å². The minimum atomic E-state index is 0.538. The van der Waals surface area contributed by atoms with Crippen LogP contribution in [0.4, 0.5) is 5.69 Å². The lowest BCUT2D eigenvalue weighted by molar-refractivity contribution is 0.502. The highest BCUT2D eigenvalue weighted by Crippen LogP contribution is 2.31. The molecule has 0 amide bonds. The maximum absolute atomic E-state index is 6.41. The quantitative estimate of drug-likeness (QED) is 0.817. The molecule has 2 atom stereocenters. The van der Waals surface area contributed by atoms with E-state index in [-0.39, 0.29) is 0 Å². The third-order valence-electron chi connectivity index (χ3n) is 4.37. The van der Waals surface area contributed by atoms with Crippen molar-refractivity contribution in [2.24, 2.45) is 5.92 Å². The van der Waals surface area contributed by atoms with Gasteiger partial charge in [-0.25, -0.2) is 4.98 Å². The molecule has 0 aliphatic heterocycles. The number of para-hydroxylation sites is 1. The number of anilines is 1. The van der Waals surface area contributed by atoms with Crippen LogP contribution in [0, 0.1) is 5.92 Å². The monoisotopic (exact) mass is 303 g/mol. The van der Waals surface area contributed by atoms with Gasteiger partial charge in [-0.3, -0.25) is 0 Å². The predicted octanol–water partition coefficient (Wildman–Crippen LogP) is 4.91. The number of hydrogen-bond donors (Lipinski definition) is 1. The van der Waals surface area contributed by atoms with Crippen LogP contribution in [0.25, 0.3) is 5.69 Å². The summed E-state index contributed by atoms with van der Waals surface area (Å²) in [5.74, 6) is 0.851. The van der Waals surface area contributed by atoms with Crippen molar-refractivity contribution in [3.63, 3.8) is 0 Å². The molecule has 21 heavy (non-hydrogen) atoms. The fourth-order valence-corrected chi connectivity index (χ4v) is 3.41. The fraction of sp³-hybridized carbons (Fsp3) is 0.471. The van der Waals surface area contributed by atoms with Crippen LogP contribution in [-0.2, 0) is 0 Å². The minimum Gasteiger partial charge on any atom is -0.381 e. The molecule has 1 aromatic heterocycles. The van der Waals surface area contributed by atoms with Crippen LogP contribution in [0.3, 0.4) is 0 Å². The predicted molar refractivity (Wildman–Crippen MR) is 88.2 cm³/mol. The van der Waals surface area contributed by atoms with Crippen molar-refractivity contribution in [3.8, 4) is 5.69 Å². The highest BCUT2D eigenvalue weighted by atomic mass is 35.5. The van der Waals surface area contributed by atoms with Gasteiger partial charge in [0.1, 0.15) is 0 Å². The lowest BCUT2D eigenvalue weighted by Gasteiger charge is -2.21. The van der Waals surface area contributed by atoms with Crippen LogP contribution in [0.15, 0.2) is 36.9 Å². The number of imidazole rings is 1. The van der Waals surface area contributed by atoms with Crippen LogP contribution in [0.2, 0.25) is 5.02 Å². The molecule has 1 fully saturated rings. The highest BCUT2D eigenvalue weighted by Gasteiger charge is 2.18. The summed E-state index contributed by atoms with van der Waals surface area (Å²) in [4.78, 5) is 4.13. The Morgan fingerprint density at radius 1 is 1.24 bits per heavy atom. The number of halogens is 1. The van der Waals surface area contributed by atoms with E-state index in [9.17, 15) is 0 Å². The molecule has 3 rings (SSSR count). The standard InChI is InChI=1S/C17H22ClN3/c1-13-4-2-5-14(9-8-13)20-16-7-3-6-15(18)17(16)21-11-10-19-12-21/h3,6-7,10-14,20H,2,4-5,8-9H2,1H3. The summed E-state index contributed by atoms with van der Waals surface area (Å²) in [7, 11) is 0. The van der Waals surface area contributed by atoms with Crippen molar-refractivity contribution >= 4 is 17.3 Å². The van der Waals surface area contributed by atoms with Gasteiger partial charge in [-0.05, 0) is 37.3 Å². The first-order valence-corrected chi connectivity index (χ1v) is 8.15. The molecule has 1 aliphatic carbocycles. The molecule has 1 saturated carbocycles. The number of benzene rings is 1. The van der Waals surface area contributed by atoms with Crippen LogP contribution >= 0.6 is 11.6 Å². The summed E-state index contributed by atoms with van der Waals surface area (Å²) in [6.07, 6.45) is 11.9. The molecular formula is C17H22ClN3. The Morgan fingerprint density at radius 2 is 2.14 bits per heavy atom. The van der Waals surface area contributed by atoms with Gasteiger partial charge in [-0.15, -0.1) is 0 Å². The Morgan fingerprint density at radius 3 is 2.95 bits per heavy atom. The number of hydrogen-bond acceptors (Lipinski definition) is 2. The molecule has 4 heteroatoms. The molecule has 0 bridgehead atoms. The first-order chi connectivity index (χ1) is 10.2. The molecule has 112 valence electrons. The average molecular weight is 304 g/mol. The third kappa shape index (κ3) is 3.41. The molecule has 3 nitrogen and oxygen atoms in total. The second kappa shape index (κ2) is 6.52. The zero-order chi connectivity index (χ0) is 14.7. The van der Waals surface area contributed by atoms with Gasteiger partial charge in [-0.2, -0.15) is 0 Å². The van der Waals surface area contributed by atoms with Gasteiger partial charge in [0.15, 0.2) is 0 Å². The van der Waals surface area contributed by atoms with Gasteiger partial charge in [0, 0.05) is 18.4 Å². The van der Waals surface area contributed by atoms with Crippen molar-refractivity contribution in [1.82, 2.24) is 9.55 Å². The minimum absolute atomic E-state index is 0.538. The highest BCUT2D eigenvalue weighted by molar-refractivity contribution is 6.33. The van der Waals surface area contributed by atoms with Gasteiger partial charge < -0.3 is 9.88 Å². The average Bonchev–Trinajstić information content (AvgIpc) is 2.91. The van der Waals surface area contributed by atoms with E-state index >= 15 is 0 Å². The molecule has 0 saturated heterocycles. The molecule has 1 aromatic carbocycles. The smallest absolute Gasteiger partial charge is 0.0992 e. The molecule has 2 unspecified atom stereocenters. The molecule has 1 heterocycles. The first-order valence-electron chi connectivity index (χ1n) is 7.77. The molecule has 1 aliphatic rings. The van der Waals surface area contributed by atoms with Crippen LogP contribution in [-0.4, -0.2) is 15.6 Å². The molecular weight excluding hydrogens is 282 g/mol. The topological polar surface area (TPSA) is 29.9 Å². The van der Waals surface area contributed by atoms with Crippen LogP contribution in [0.1, 0.15) is 39.0 Å². The maximum atomic E-state index is 6.41. The summed E-state index contributed by atoms with van der Waals surface area (Å²) in [6.45, 7) is 2.36. The normalized spacial score (nSPS) is 22.8. The van der Waals surface area contributed by atoms with Crippen molar-refractivity contribution in [1.29, 1.82) is 0 Å². The molecule has 2 aromatic rings. The van der Waals surface area contributed by atoms with Crippen molar-refractivity contribution in [2.75, 3.05) is 5.32 Å². The molecule has 0 spiro atoms. The largest absolute Gasteiger partial charge is 0.381 e. The summed E-state index contributed by atoms with van der Waals surface area (Å²) in [6, 6.07) is 6.58. The van der Waals surface area contributed by atoms with Gasteiger partial charge in [0.05, 0.1) is 22.7 Å². The van der Waals surface area contributed by atoms with E-state index in [2.05, 4.69) is 23.3 Å². The van der Waals surface area contributed by atoms with Crippen molar-refractivity contribution < 1.29 is 0 Å². The van der Waals surface area contributed by atoms with Gasteiger partial charge >= 0.3 is 0 Å². The van der Waals surface area contributed by atoms with Gasteiger partial charge in [-0.1, -0.05) is 37.4 Å². The lowest BCUT2D eigenvalue weighted by Crippen LogP contribution is -2.19. The van der Waals surface area contributed by atoms with E-state index in [1.807, 2.05) is 22.9 Å².